The molecule has 0 spiro atoms. The van der Waals surface area contributed by atoms with Gasteiger partial charge in [-0.1, -0.05) is 34.1 Å². The third-order valence-corrected chi connectivity index (χ3v) is 6.22. The lowest BCUT2D eigenvalue weighted by Gasteiger charge is -2.07. The first-order valence-corrected chi connectivity index (χ1v) is 11.2. The second-order valence-corrected chi connectivity index (χ2v) is 8.74. The number of carbonyl (C=O) groups is 1. The number of carbonyl (C=O) groups excluding carboxylic acids is 1. The van der Waals surface area contributed by atoms with E-state index in [1.807, 2.05) is 41.8 Å². The Labute approximate surface area is 198 Å². The molecule has 0 amide bonds. The van der Waals surface area contributed by atoms with Crippen LogP contribution in [0, 0.1) is 6.92 Å². The third kappa shape index (κ3) is 4.19. The van der Waals surface area contributed by atoms with Crippen LogP contribution in [-0.4, -0.2) is 25.4 Å². The Bertz CT molecular complexity index is 1450. The van der Waals surface area contributed by atoms with Crippen molar-refractivity contribution in [3.8, 4) is 17.2 Å². The maximum Gasteiger partial charge on any atom is 0.265 e. The van der Waals surface area contributed by atoms with Crippen molar-refractivity contribution in [2.24, 2.45) is 0 Å². The van der Waals surface area contributed by atoms with Crippen LogP contribution >= 0.6 is 15.9 Å². The number of nitrogens with zero attached hydrogens (tertiary/aromatic N) is 3. The summed E-state index contributed by atoms with van der Waals surface area (Å²) in [5, 5.41) is 11.0. The van der Waals surface area contributed by atoms with Gasteiger partial charge < -0.3 is 14.1 Å². The van der Waals surface area contributed by atoms with Crippen LogP contribution < -0.4 is 0 Å². The lowest BCUT2D eigenvalue weighted by molar-refractivity contribution is 0.0940. The number of phenolic OH excluding ortho intramolecular Hbond substituents is 1. The van der Waals surface area contributed by atoms with Crippen LogP contribution in [-0.2, 0) is 13.0 Å². The van der Waals surface area contributed by atoms with Crippen LogP contribution in [0.25, 0.3) is 22.4 Å². The van der Waals surface area contributed by atoms with E-state index in [2.05, 4.69) is 38.0 Å². The molecule has 0 saturated carbocycles. The Balaban J connectivity index is 1.49. The van der Waals surface area contributed by atoms with Gasteiger partial charge in [-0.15, -0.1) is 0 Å². The first kappa shape index (κ1) is 21.2. The normalized spacial score (nSPS) is 11.2. The van der Waals surface area contributed by atoms with Gasteiger partial charge in [0.25, 0.3) is 5.89 Å². The number of rotatable bonds is 6. The van der Waals surface area contributed by atoms with Gasteiger partial charge in [0.1, 0.15) is 11.4 Å². The Hall–Kier alpha value is -3.71. The van der Waals surface area contributed by atoms with Crippen molar-refractivity contribution >= 4 is 32.6 Å². The third-order valence-electron chi connectivity index (χ3n) is 5.70. The van der Waals surface area contributed by atoms with Gasteiger partial charge in [0, 0.05) is 27.3 Å². The SMILES string of the molecule is Cc1c(Cc2ccc(Br)cc2)c2cc(O)ccc2n1CC(=O)c1ncc(-c2ccccn2)o1. The van der Waals surface area contributed by atoms with Crippen LogP contribution in [0.1, 0.15) is 27.5 Å². The van der Waals surface area contributed by atoms with Gasteiger partial charge in [0.15, 0.2) is 5.76 Å². The van der Waals surface area contributed by atoms with E-state index in [0.29, 0.717) is 17.9 Å². The van der Waals surface area contributed by atoms with E-state index < -0.39 is 0 Å². The van der Waals surface area contributed by atoms with E-state index in [-0.39, 0.29) is 24.0 Å². The molecule has 0 aliphatic rings. The molecule has 3 heterocycles. The van der Waals surface area contributed by atoms with Gasteiger partial charge in [0.05, 0.1) is 12.7 Å². The second-order valence-electron chi connectivity index (χ2n) is 7.82. The van der Waals surface area contributed by atoms with Crippen molar-refractivity contribution in [2.45, 2.75) is 19.9 Å². The van der Waals surface area contributed by atoms with Crippen LogP contribution in [0.4, 0.5) is 0 Å². The molecule has 0 fully saturated rings. The average Bonchev–Trinajstić information content (AvgIpc) is 3.41. The summed E-state index contributed by atoms with van der Waals surface area (Å²) in [5.74, 6) is 0.454. The van der Waals surface area contributed by atoms with E-state index in [1.54, 1.807) is 24.4 Å². The van der Waals surface area contributed by atoms with Crippen molar-refractivity contribution < 1.29 is 14.3 Å². The van der Waals surface area contributed by atoms with Crippen LogP contribution in [0.2, 0.25) is 0 Å². The van der Waals surface area contributed by atoms with E-state index in [9.17, 15) is 9.90 Å². The van der Waals surface area contributed by atoms with Gasteiger partial charge in [0.2, 0.25) is 5.78 Å². The highest BCUT2D eigenvalue weighted by Gasteiger charge is 2.20. The smallest absolute Gasteiger partial charge is 0.265 e. The highest BCUT2D eigenvalue weighted by Crippen LogP contribution is 2.31. The number of hydrogen-bond acceptors (Lipinski definition) is 5. The molecular weight excluding hydrogens is 482 g/mol. The topological polar surface area (TPSA) is 81.2 Å². The summed E-state index contributed by atoms with van der Waals surface area (Å²) in [7, 11) is 0. The van der Waals surface area contributed by atoms with Gasteiger partial charge >= 0.3 is 0 Å². The first-order valence-electron chi connectivity index (χ1n) is 10.4. The number of aromatic hydroxyl groups is 1. The van der Waals surface area contributed by atoms with Crippen molar-refractivity contribution in [1.29, 1.82) is 0 Å². The van der Waals surface area contributed by atoms with Gasteiger partial charge in [-0.25, -0.2) is 4.98 Å². The number of phenols is 1. The average molecular weight is 502 g/mol. The molecule has 0 unspecified atom stereocenters. The summed E-state index contributed by atoms with van der Waals surface area (Å²) < 4.78 is 8.68. The molecule has 0 aliphatic heterocycles. The zero-order valence-corrected chi connectivity index (χ0v) is 19.4. The number of halogens is 1. The highest BCUT2D eigenvalue weighted by molar-refractivity contribution is 9.10. The van der Waals surface area contributed by atoms with Crippen molar-refractivity contribution in [2.75, 3.05) is 0 Å². The minimum absolute atomic E-state index is 0.0464. The predicted molar refractivity (Wildman–Crippen MR) is 129 cm³/mol. The molecule has 5 aromatic rings. The number of hydrogen-bond donors (Lipinski definition) is 1. The minimum atomic E-state index is -0.236. The van der Waals surface area contributed by atoms with Gasteiger partial charge in [-0.2, -0.15) is 0 Å². The van der Waals surface area contributed by atoms with E-state index in [0.717, 1.165) is 32.2 Å². The molecular formula is C26H20BrN3O3. The monoisotopic (exact) mass is 501 g/mol. The molecule has 2 aromatic carbocycles. The number of pyridine rings is 1. The summed E-state index contributed by atoms with van der Waals surface area (Å²) in [5.41, 5.74) is 4.67. The van der Waals surface area contributed by atoms with Crippen molar-refractivity contribution in [3.63, 3.8) is 0 Å². The maximum atomic E-state index is 13.1. The largest absolute Gasteiger partial charge is 0.508 e. The van der Waals surface area contributed by atoms with E-state index in [1.165, 1.54) is 6.20 Å². The van der Waals surface area contributed by atoms with E-state index in [4.69, 9.17) is 4.42 Å². The molecule has 5 rings (SSSR count). The molecule has 0 atom stereocenters. The summed E-state index contributed by atoms with van der Waals surface area (Å²) in [6, 6.07) is 18.8. The number of ketones is 1. The molecule has 0 bridgehead atoms. The van der Waals surface area contributed by atoms with Crippen molar-refractivity contribution in [3.05, 3.63) is 100 Å². The number of Topliss-reactive ketones (excluding diaryl/α,β-unsaturated/α-hetero) is 1. The molecule has 0 saturated heterocycles. The lowest BCUT2D eigenvalue weighted by Crippen LogP contribution is -2.12. The standard InChI is InChI=1S/C26H20BrN3O3/c1-16-20(12-17-5-7-18(27)8-6-17)21-13-19(31)9-10-23(21)30(16)15-24(32)26-29-14-25(33-26)22-4-2-3-11-28-22/h2-11,13-14,31H,12,15H2,1H3. The number of oxazole rings is 1. The molecule has 164 valence electrons. The Kier molecular flexibility index (Phi) is 5.56. The quantitative estimate of drug-likeness (QED) is 0.291. The fraction of sp³-hybridized carbons (Fsp3) is 0.115. The van der Waals surface area contributed by atoms with Crippen LogP contribution in [0.15, 0.2) is 81.9 Å². The maximum absolute atomic E-state index is 13.1. The lowest BCUT2D eigenvalue weighted by atomic mass is 10.0. The van der Waals surface area contributed by atoms with Gasteiger partial charge in [-0.3, -0.25) is 9.78 Å². The first-order chi connectivity index (χ1) is 16.0. The molecule has 0 radical (unpaired) electrons. The van der Waals surface area contributed by atoms with Crippen molar-refractivity contribution in [1.82, 2.24) is 14.5 Å². The Morgan fingerprint density at radius 2 is 1.91 bits per heavy atom. The fourth-order valence-electron chi connectivity index (χ4n) is 4.01. The zero-order chi connectivity index (χ0) is 22.9. The predicted octanol–water partition coefficient (Wildman–Crippen LogP) is 5.94. The molecule has 3 aromatic heterocycles. The molecule has 7 heteroatoms. The Morgan fingerprint density at radius 1 is 1.09 bits per heavy atom. The summed E-state index contributed by atoms with van der Waals surface area (Å²) >= 11 is 3.47. The summed E-state index contributed by atoms with van der Waals surface area (Å²) in [4.78, 5) is 21.5. The number of aromatic nitrogens is 3. The highest BCUT2D eigenvalue weighted by atomic mass is 79.9. The van der Waals surface area contributed by atoms with E-state index >= 15 is 0 Å². The second kappa shape index (κ2) is 8.67. The van der Waals surface area contributed by atoms with Crippen LogP contribution in [0.3, 0.4) is 0 Å². The number of fused-ring (bicyclic) bond motifs is 1. The van der Waals surface area contributed by atoms with Gasteiger partial charge in [-0.05, 0) is 66.9 Å². The molecule has 0 aliphatic carbocycles. The molecule has 1 N–H and O–H groups in total. The zero-order valence-electron chi connectivity index (χ0n) is 17.8. The summed E-state index contributed by atoms with van der Waals surface area (Å²) in [6.07, 6.45) is 3.87. The Morgan fingerprint density at radius 3 is 2.67 bits per heavy atom. The minimum Gasteiger partial charge on any atom is -0.508 e. The van der Waals surface area contributed by atoms with Crippen LogP contribution in [0.5, 0.6) is 5.75 Å². The number of benzene rings is 2. The summed E-state index contributed by atoms with van der Waals surface area (Å²) in [6.45, 7) is 2.07. The molecule has 33 heavy (non-hydrogen) atoms. The molecule has 6 nitrogen and oxygen atoms in total. The fourth-order valence-corrected chi connectivity index (χ4v) is 4.28.